The van der Waals surface area contributed by atoms with E-state index in [1.54, 1.807) is 0 Å². The molecule has 0 aromatic carbocycles. The standard InChI is InChI=1S/C8H13N3O/c1-6-5-9-11(7(12)10-6)8(2,3)4/h5H,1H2,2-4H3,(H,10,12). The predicted octanol–water partition coefficient (Wildman–Crippen LogP) is 1.31. The molecule has 1 heterocycles. The number of carbonyl (C=O) groups excluding carboxylic acids is 1. The topological polar surface area (TPSA) is 44.7 Å². The van der Waals surface area contributed by atoms with Crippen molar-refractivity contribution in [1.82, 2.24) is 10.3 Å². The Morgan fingerprint density at radius 1 is 1.58 bits per heavy atom. The molecule has 1 aliphatic heterocycles. The molecular formula is C8H13N3O. The van der Waals surface area contributed by atoms with E-state index in [-0.39, 0.29) is 11.6 Å². The molecule has 4 heteroatoms. The maximum Gasteiger partial charge on any atom is 0.342 e. The number of urea groups is 1. The molecule has 0 spiro atoms. The van der Waals surface area contributed by atoms with E-state index in [1.165, 1.54) is 11.2 Å². The van der Waals surface area contributed by atoms with Gasteiger partial charge in [0.2, 0.25) is 0 Å². The molecule has 1 rings (SSSR count). The van der Waals surface area contributed by atoms with Crippen LogP contribution in [0.1, 0.15) is 20.8 Å². The lowest BCUT2D eigenvalue weighted by Gasteiger charge is -2.32. The monoisotopic (exact) mass is 167 g/mol. The highest BCUT2D eigenvalue weighted by Crippen LogP contribution is 2.15. The first-order chi connectivity index (χ1) is 5.41. The molecule has 0 aliphatic carbocycles. The second-order valence-corrected chi connectivity index (χ2v) is 3.68. The molecule has 0 bridgehead atoms. The number of nitrogens with zero attached hydrogens (tertiary/aromatic N) is 2. The Bertz CT molecular complexity index is 250. The van der Waals surface area contributed by atoms with Gasteiger partial charge in [-0.25, -0.2) is 9.80 Å². The maximum absolute atomic E-state index is 11.3. The van der Waals surface area contributed by atoms with E-state index in [9.17, 15) is 4.79 Å². The van der Waals surface area contributed by atoms with E-state index in [0.29, 0.717) is 5.70 Å². The number of allylic oxidation sites excluding steroid dienone is 1. The van der Waals surface area contributed by atoms with Crippen LogP contribution in [-0.2, 0) is 0 Å². The number of amides is 2. The Balaban J connectivity index is 2.87. The highest BCUT2D eigenvalue weighted by Gasteiger charge is 2.28. The summed E-state index contributed by atoms with van der Waals surface area (Å²) < 4.78 is 0. The third-order valence-electron chi connectivity index (χ3n) is 1.42. The third kappa shape index (κ3) is 1.64. The van der Waals surface area contributed by atoms with Gasteiger partial charge in [-0.05, 0) is 20.8 Å². The minimum Gasteiger partial charge on any atom is -0.305 e. The van der Waals surface area contributed by atoms with Crippen molar-refractivity contribution in [2.75, 3.05) is 0 Å². The molecule has 0 radical (unpaired) electrons. The van der Waals surface area contributed by atoms with Gasteiger partial charge < -0.3 is 5.32 Å². The van der Waals surface area contributed by atoms with Crippen molar-refractivity contribution in [2.24, 2.45) is 5.10 Å². The smallest absolute Gasteiger partial charge is 0.305 e. The summed E-state index contributed by atoms with van der Waals surface area (Å²) in [6.45, 7) is 9.32. The van der Waals surface area contributed by atoms with Gasteiger partial charge in [-0.3, -0.25) is 0 Å². The summed E-state index contributed by atoms with van der Waals surface area (Å²) in [6, 6.07) is -0.227. The van der Waals surface area contributed by atoms with Gasteiger partial charge >= 0.3 is 6.03 Å². The molecule has 66 valence electrons. The first kappa shape index (κ1) is 8.77. The molecule has 0 aromatic heterocycles. The van der Waals surface area contributed by atoms with Crippen molar-refractivity contribution in [2.45, 2.75) is 26.3 Å². The SMILES string of the molecule is C=C1C=NN(C(C)(C)C)C(=O)N1. The zero-order chi connectivity index (χ0) is 9.35. The second-order valence-electron chi connectivity index (χ2n) is 3.68. The fraction of sp³-hybridized carbons (Fsp3) is 0.500. The van der Waals surface area contributed by atoms with Crippen LogP contribution in [0.25, 0.3) is 0 Å². The molecule has 2 amide bonds. The van der Waals surface area contributed by atoms with Gasteiger partial charge in [-0.15, -0.1) is 0 Å². The largest absolute Gasteiger partial charge is 0.342 e. The molecule has 0 atom stereocenters. The van der Waals surface area contributed by atoms with Crippen LogP contribution >= 0.6 is 0 Å². The molecule has 0 unspecified atom stereocenters. The van der Waals surface area contributed by atoms with E-state index >= 15 is 0 Å². The lowest BCUT2D eigenvalue weighted by Crippen LogP contribution is -2.49. The molecule has 0 saturated carbocycles. The minimum absolute atomic E-state index is 0.227. The zero-order valence-electron chi connectivity index (χ0n) is 7.59. The molecule has 0 saturated heterocycles. The molecule has 1 N–H and O–H groups in total. The quantitative estimate of drug-likeness (QED) is 0.580. The van der Waals surface area contributed by atoms with E-state index < -0.39 is 0 Å². The van der Waals surface area contributed by atoms with Crippen LogP contribution in [0.4, 0.5) is 4.79 Å². The van der Waals surface area contributed by atoms with Gasteiger partial charge in [0.05, 0.1) is 17.5 Å². The van der Waals surface area contributed by atoms with Crippen LogP contribution in [0.3, 0.4) is 0 Å². The van der Waals surface area contributed by atoms with Gasteiger partial charge in [0.25, 0.3) is 0 Å². The lowest BCUT2D eigenvalue weighted by molar-refractivity contribution is 0.149. The van der Waals surface area contributed by atoms with Gasteiger partial charge in [0, 0.05) is 0 Å². The van der Waals surface area contributed by atoms with Crippen LogP contribution in [0.15, 0.2) is 17.4 Å². The Hall–Kier alpha value is -1.32. The molecule has 1 aliphatic rings. The average molecular weight is 167 g/mol. The Kier molecular flexibility index (Phi) is 1.92. The number of rotatable bonds is 0. The third-order valence-corrected chi connectivity index (χ3v) is 1.42. The minimum atomic E-state index is -0.290. The number of carbonyl (C=O) groups is 1. The number of hydrogen-bond donors (Lipinski definition) is 1. The molecular weight excluding hydrogens is 154 g/mol. The molecule has 12 heavy (non-hydrogen) atoms. The van der Waals surface area contributed by atoms with Crippen LogP contribution in [0.2, 0.25) is 0 Å². The van der Waals surface area contributed by atoms with Crippen LogP contribution < -0.4 is 5.32 Å². The van der Waals surface area contributed by atoms with Crippen LogP contribution in [-0.4, -0.2) is 22.8 Å². The van der Waals surface area contributed by atoms with E-state index in [4.69, 9.17) is 0 Å². The number of nitrogens with one attached hydrogen (secondary N) is 1. The van der Waals surface area contributed by atoms with E-state index in [1.807, 2.05) is 20.8 Å². The predicted molar refractivity (Wildman–Crippen MR) is 47.8 cm³/mol. The van der Waals surface area contributed by atoms with E-state index in [0.717, 1.165) is 0 Å². The number of hydrogen-bond acceptors (Lipinski definition) is 2. The van der Waals surface area contributed by atoms with Crippen molar-refractivity contribution in [3.63, 3.8) is 0 Å². The van der Waals surface area contributed by atoms with Crippen molar-refractivity contribution in [3.05, 3.63) is 12.3 Å². The average Bonchev–Trinajstić information content (AvgIpc) is 1.83. The Morgan fingerprint density at radius 2 is 2.17 bits per heavy atom. The van der Waals surface area contributed by atoms with E-state index in [2.05, 4.69) is 17.0 Å². The summed E-state index contributed by atoms with van der Waals surface area (Å²) >= 11 is 0. The molecule has 4 nitrogen and oxygen atoms in total. The highest BCUT2D eigenvalue weighted by molar-refractivity contribution is 5.90. The van der Waals surface area contributed by atoms with Crippen molar-refractivity contribution < 1.29 is 4.79 Å². The summed E-state index contributed by atoms with van der Waals surface area (Å²) in [5.74, 6) is 0. The van der Waals surface area contributed by atoms with Crippen LogP contribution in [0.5, 0.6) is 0 Å². The first-order valence-electron chi connectivity index (χ1n) is 3.75. The molecule has 0 aromatic rings. The fourth-order valence-electron chi connectivity index (χ4n) is 0.880. The summed E-state index contributed by atoms with van der Waals surface area (Å²) in [5, 5.41) is 7.93. The van der Waals surface area contributed by atoms with Gasteiger partial charge in [0.1, 0.15) is 0 Å². The van der Waals surface area contributed by atoms with Gasteiger partial charge in [-0.1, -0.05) is 6.58 Å². The van der Waals surface area contributed by atoms with Crippen LogP contribution in [0, 0.1) is 0 Å². The normalized spacial score (nSPS) is 18.1. The van der Waals surface area contributed by atoms with Crippen molar-refractivity contribution >= 4 is 12.2 Å². The summed E-state index contributed by atoms with van der Waals surface area (Å²) in [6.07, 6.45) is 1.53. The summed E-state index contributed by atoms with van der Waals surface area (Å²) in [4.78, 5) is 11.3. The van der Waals surface area contributed by atoms with Crippen molar-refractivity contribution in [3.8, 4) is 0 Å². The lowest BCUT2D eigenvalue weighted by atomic mass is 10.1. The highest BCUT2D eigenvalue weighted by atomic mass is 16.2. The van der Waals surface area contributed by atoms with Gasteiger partial charge in [-0.2, -0.15) is 5.10 Å². The Morgan fingerprint density at radius 3 is 2.58 bits per heavy atom. The zero-order valence-corrected chi connectivity index (χ0v) is 7.59. The molecule has 0 fully saturated rings. The van der Waals surface area contributed by atoms with Gasteiger partial charge in [0.15, 0.2) is 0 Å². The maximum atomic E-state index is 11.3. The summed E-state index contributed by atoms with van der Waals surface area (Å²) in [5.41, 5.74) is 0.238. The first-order valence-corrected chi connectivity index (χ1v) is 3.75. The summed E-state index contributed by atoms with van der Waals surface area (Å²) in [7, 11) is 0. The number of hydrazone groups is 1. The fourth-order valence-corrected chi connectivity index (χ4v) is 0.880. The van der Waals surface area contributed by atoms with Crippen molar-refractivity contribution in [1.29, 1.82) is 0 Å². The second kappa shape index (κ2) is 2.62. The Labute approximate surface area is 71.9 Å².